The zero-order valence-electron chi connectivity index (χ0n) is 13.0. The van der Waals surface area contributed by atoms with E-state index in [4.69, 9.17) is 4.74 Å². The molecule has 5 heteroatoms. The average Bonchev–Trinajstić information content (AvgIpc) is 3.17. The Hall–Kier alpha value is -1.17. The summed E-state index contributed by atoms with van der Waals surface area (Å²) < 4.78 is 18.3. The van der Waals surface area contributed by atoms with E-state index in [0.717, 1.165) is 13.1 Å². The Morgan fingerprint density at radius 2 is 1.91 bits per heavy atom. The van der Waals surface area contributed by atoms with E-state index < -0.39 is 6.10 Å². The maximum atomic E-state index is 12.8. The minimum atomic E-state index is -0.512. The predicted molar refractivity (Wildman–Crippen MR) is 83.6 cm³/mol. The van der Waals surface area contributed by atoms with Crippen LogP contribution in [0, 0.1) is 5.82 Å². The van der Waals surface area contributed by atoms with E-state index in [1.165, 1.54) is 44.5 Å². The van der Waals surface area contributed by atoms with Crippen molar-refractivity contribution in [3.8, 4) is 5.75 Å². The van der Waals surface area contributed by atoms with E-state index in [1.807, 2.05) is 0 Å². The summed E-state index contributed by atoms with van der Waals surface area (Å²) in [4.78, 5) is 4.91. The second-order valence-electron chi connectivity index (χ2n) is 6.36. The fourth-order valence-corrected chi connectivity index (χ4v) is 3.46. The van der Waals surface area contributed by atoms with Crippen LogP contribution in [-0.2, 0) is 0 Å². The van der Waals surface area contributed by atoms with Gasteiger partial charge in [-0.2, -0.15) is 0 Å². The van der Waals surface area contributed by atoms with Crippen LogP contribution in [0.3, 0.4) is 0 Å². The van der Waals surface area contributed by atoms with Crippen molar-refractivity contribution in [2.24, 2.45) is 0 Å². The molecule has 0 aromatic heterocycles. The molecule has 0 aliphatic carbocycles. The number of likely N-dealkylation sites (tertiary alicyclic amines) is 2. The number of halogens is 1. The highest BCUT2D eigenvalue weighted by Gasteiger charge is 2.29. The van der Waals surface area contributed by atoms with Crippen LogP contribution < -0.4 is 4.74 Å². The Morgan fingerprint density at radius 3 is 2.64 bits per heavy atom. The molecule has 2 heterocycles. The third-order valence-corrected chi connectivity index (χ3v) is 4.63. The Morgan fingerprint density at radius 1 is 1.18 bits per heavy atom. The van der Waals surface area contributed by atoms with Crippen molar-refractivity contribution in [2.45, 2.75) is 31.4 Å². The Kier molecular flexibility index (Phi) is 5.28. The molecular weight excluding hydrogens is 283 g/mol. The van der Waals surface area contributed by atoms with Crippen LogP contribution in [0.15, 0.2) is 24.3 Å². The number of β-amino-alcohol motifs (C(OH)–C–C–N with tert-alkyl or cyclic N) is 1. The van der Waals surface area contributed by atoms with E-state index in [2.05, 4.69) is 9.80 Å². The lowest BCUT2D eigenvalue weighted by Crippen LogP contribution is -2.38. The Balaban J connectivity index is 1.38. The predicted octanol–water partition coefficient (Wildman–Crippen LogP) is 1.74. The number of benzene rings is 1. The molecule has 2 saturated heterocycles. The van der Waals surface area contributed by atoms with Gasteiger partial charge in [-0.3, -0.25) is 9.80 Å². The highest BCUT2D eigenvalue weighted by Crippen LogP contribution is 2.20. The van der Waals surface area contributed by atoms with Gasteiger partial charge in [-0.1, -0.05) is 0 Å². The van der Waals surface area contributed by atoms with Gasteiger partial charge in [-0.05, 0) is 63.2 Å². The standard InChI is InChI=1S/C17H25FN2O2/c18-14-3-5-17(6-4-14)22-13-16(21)12-19-10-7-15(11-19)20-8-1-2-9-20/h3-6,15-16,21H,1-2,7-13H2. The average molecular weight is 308 g/mol. The van der Waals surface area contributed by atoms with Gasteiger partial charge in [0.15, 0.2) is 0 Å². The number of aliphatic hydroxyl groups is 1. The number of ether oxygens (including phenoxy) is 1. The molecule has 0 radical (unpaired) electrons. The molecule has 2 unspecified atom stereocenters. The van der Waals surface area contributed by atoms with Gasteiger partial charge in [-0.15, -0.1) is 0 Å². The maximum Gasteiger partial charge on any atom is 0.123 e. The van der Waals surface area contributed by atoms with Crippen molar-refractivity contribution in [3.05, 3.63) is 30.1 Å². The highest BCUT2D eigenvalue weighted by molar-refractivity contribution is 5.22. The van der Waals surface area contributed by atoms with Crippen LogP contribution >= 0.6 is 0 Å². The molecule has 122 valence electrons. The lowest BCUT2D eigenvalue weighted by molar-refractivity contribution is 0.0733. The molecule has 3 rings (SSSR count). The van der Waals surface area contributed by atoms with Gasteiger partial charge in [0, 0.05) is 19.1 Å². The lowest BCUT2D eigenvalue weighted by Gasteiger charge is -2.24. The van der Waals surface area contributed by atoms with Gasteiger partial charge in [0.25, 0.3) is 0 Å². The summed E-state index contributed by atoms with van der Waals surface area (Å²) in [5, 5.41) is 10.1. The largest absolute Gasteiger partial charge is 0.491 e. The second-order valence-corrected chi connectivity index (χ2v) is 6.36. The summed E-state index contributed by atoms with van der Waals surface area (Å²) >= 11 is 0. The summed E-state index contributed by atoms with van der Waals surface area (Å²) in [7, 11) is 0. The van der Waals surface area contributed by atoms with Gasteiger partial charge in [-0.25, -0.2) is 4.39 Å². The first-order chi connectivity index (χ1) is 10.7. The van der Waals surface area contributed by atoms with Crippen LogP contribution in [0.2, 0.25) is 0 Å². The number of nitrogens with zero attached hydrogens (tertiary/aromatic N) is 2. The van der Waals surface area contributed by atoms with Gasteiger partial charge in [0.05, 0.1) is 0 Å². The second kappa shape index (κ2) is 7.40. The molecular formula is C17H25FN2O2. The van der Waals surface area contributed by atoms with Crippen LogP contribution in [0.5, 0.6) is 5.75 Å². The molecule has 4 nitrogen and oxygen atoms in total. The summed E-state index contributed by atoms with van der Waals surface area (Å²) in [5.41, 5.74) is 0. The van der Waals surface area contributed by atoms with E-state index in [-0.39, 0.29) is 12.4 Å². The minimum Gasteiger partial charge on any atom is -0.491 e. The quantitative estimate of drug-likeness (QED) is 0.868. The van der Waals surface area contributed by atoms with Gasteiger partial charge in [0.1, 0.15) is 24.3 Å². The molecule has 1 N–H and O–H groups in total. The van der Waals surface area contributed by atoms with Gasteiger partial charge >= 0.3 is 0 Å². The molecule has 1 aromatic carbocycles. The topological polar surface area (TPSA) is 35.9 Å². The number of aliphatic hydroxyl groups excluding tert-OH is 1. The van der Waals surface area contributed by atoms with Gasteiger partial charge < -0.3 is 9.84 Å². The molecule has 2 fully saturated rings. The number of hydrogen-bond acceptors (Lipinski definition) is 4. The van der Waals surface area contributed by atoms with Crippen molar-refractivity contribution in [1.82, 2.24) is 9.80 Å². The SMILES string of the molecule is OC(COc1ccc(F)cc1)CN1CCC(N2CCCC2)C1. The third kappa shape index (κ3) is 4.18. The van der Waals surface area contributed by atoms with Crippen molar-refractivity contribution in [3.63, 3.8) is 0 Å². The van der Waals surface area contributed by atoms with Crippen LogP contribution in [-0.4, -0.2) is 66.4 Å². The number of hydrogen-bond donors (Lipinski definition) is 1. The van der Waals surface area contributed by atoms with E-state index >= 15 is 0 Å². The maximum absolute atomic E-state index is 12.8. The smallest absolute Gasteiger partial charge is 0.123 e. The monoisotopic (exact) mass is 308 g/mol. The normalized spacial score (nSPS) is 24.7. The zero-order valence-corrected chi connectivity index (χ0v) is 13.0. The molecule has 2 atom stereocenters. The third-order valence-electron chi connectivity index (χ3n) is 4.63. The van der Waals surface area contributed by atoms with E-state index in [0.29, 0.717) is 18.3 Å². The first-order valence-electron chi connectivity index (χ1n) is 8.23. The van der Waals surface area contributed by atoms with Crippen molar-refractivity contribution in [1.29, 1.82) is 0 Å². The van der Waals surface area contributed by atoms with E-state index in [1.54, 1.807) is 12.1 Å². The Bertz CT molecular complexity index is 462. The molecule has 2 aliphatic rings. The molecule has 22 heavy (non-hydrogen) atoms. The summed E-state index contributed by atoms with van der Waals surface area (Å²) in [6.45, 7) is 5.45. The first kappa shape index (κ1) is 15.7. The first-order valence-corrected chi connectivity index (χ1v) is 8.23. The fourth-order valence-electron chi connectivity index (χ4n) is 3.46. The Labute approximate surface area is 131 Å². The van der Waals surface area contributed by atoms with Crippen molar-refractivity contribution < 1.29 is 14.2 Å². The van der Waals surface area contributed by atoms with Crippen LogP contribution in [0.4, 0.5) is 4.39 Å². The molecule has 0 bridgehead atoms. The molecule has 0 amide bonds. The highest BCUT2D eigenvalue weighted by atomic mass is 19.1. The molecule has 0 saturated carbocycles. The fraction of sp³-hybridized carbons (Fsp3) is 0.647. The summed E-state index contributed by atoms with van der Waals surface area (Å²) in [5.74, 6) is 0.315. The lowest BCUT2D eigenvalue weighted by atomic mass is 10.2. The van der Waals surface area contributed by atoms with Crippen molar-refractivity contribution in [2.75, 3.05) is 39.3 Å². The summed E-state index contributed by atoms with van der Waals surface area (Å²) in [6, 6.07) is 6.56. The molecule has 1 aromatic rings. The summed E-state index contributed by atoms with van der Waals surface area (Å²) in [6.07, 6.45) is 3.34. The van der Waals surface area contributed by atoms with Crippen LogP contribution in [0.25, 0.3) is 0 Å². The number of rotatable bonds is 6. The molecule has 0 spiro atoms. The van der Waals surface area contributed by atoms with Gasteiger partial charge in [0.2, 0.25) is 0 Å². The van der Waals surface area contributed by atoms with Crippen LogP contribution in [0.1, 0.15) is 19.3 Å². The zero-order chi connectivity index (χ0) is 15.4. The van der Waals surface area contributed by atoms with E-state index in [9.17, 15) is 9.50 Å². The molecule has 2 aliphatic heterocycles. The minimum absolute atomic E-state index is 0.247. The van der Waals surface area contributed by atoms with Crippen molar-refractivity contribution >= 4 is 0 Å².